The van der Waals surface area contributed by atoms with Gasteiger partial charge in [0.2, 0.25) is 0 Å². The zero-order valence-corrected chi connectivity index (χ0v) is 19.4. The first-order chi connectivity index (χ1) is 13.5. The molecule has 3 atom stereocenters. The molecule has 1 fully saturated rings. The van der Waals surface area contributed by atoms with Crippen molar-refractivity contribution < 1.29 is 0 Å². The summed E-state index contributed by atoms with van der Waals surface area (Å²) in [7, 11) is 2.16. The van der Waals surface area contributed by atoms with E-state index in [9.17, 15) is 0 Å². The average molecular weight is 396 g/mol. The Balaban J connectivity index is 2.38. The number of nitrogens with zero attached hydrogens (tertiary/aromatic N) is 2. The van der Waals surface area contributed by atoms with Gasteiger partial charge < -0.3 is 15.5 Å². The van der Waals surface area contributed by atoms with Gasteiger partial charge in [0.1, 0.15) is 0 Å². The Bertz CT molecular complexity index is 726. The van der Waals surface area contributed by atoms with Gasteiger partial charge in [-0.2, -0.15) is 0 Å². The second kappa shape index (κ2) is 9.21. The van der Waals surface area contributed by atoms with E-state index in [0.717, 1.165) is 30.7 Å². The van der Waals surface area contributed by atoms with Crippen molar-refractivity contribution in [3.8, 4) is 0 Å². The Morgan fingerprint density at radius 1 is 1.21 bits per heavy atom. The number of likely N-dealkylation sites (N-methyl/N-ethyl adjacent to an activating group) is 1. The van der Waals surface area contributed by atoms with Crippen LogP contribution in [0.25, 0.3) is 0 Å². The van der Waals surface area contributed by atoms with Crippen molar-refractivity contribution in [2.24, 2.45) is 17.6 Å². The Morgan fingerprint density at radius 3 is 2.28 bits per heavy atom. The monoisotopic (exact) mass is 395 g/mol. The summed E-state index contributed by atoms with van der Waals surface area (Å²) in [4.78, 5) is 4.81. The Morgan fingerprint density at radius 2 is 1.79 bits per heavy atom. The van der Waals surface area contributed by atoms with Crippen molar-refractivity contribution in [3.63, 3.8) is 0 Å². The molecule has 160 valence electrons. The summed E-state index contributed by atoms with van der Waals surface area (Å²) in [5.74, 6) is 0.728. The first kappa shape index (κ1) is 23.3. The maximum atomic E-state index is 6.43. The molecule has 3 unspecified atom stereocenters. The summed E-state index contributed by atoms with van der Waals surface area (Å²) >= 11 is 0. The molecule has 2 N–H and O–H groups in total. The third kappa shape index (κ3) is 4.95. The molecule has 1 saturated heterocycles. The molecule has 0 aromatic heterocycles. The number of nitrogens with two attached hydrogens (primary N) is 1. The van der Waals surface area contributed by atoms with Crippen molar-refractivity contribution in [1.82, 2.24) is 9.80 Å². The van der Waals surface area contributed by atoms with Crippen LogP contribution in [-0.4, -0.2) is 35.0 Å². The normalized spacial score (nSPS) is 20.6. The van der Waals surface area contributed by atoms with E-state index in [-0.39, 0.29) is 12.1 Å². The molecule has 1 aromatic rings. The summed E-state index contributed by atoms with van der Waals surface area (Å²) in [5, 5.41) is 0. The predicted molar refractivity (Wildman–Crippen MR) is 126 cm³/mol. The molecule has 3 nitrogen and oxygen atoms in total. The number of benzene rings is 1. The predicted octanol–water partition coefficient (Wildman–Crippen LogP) is 5.74. The molecular formula is C26H41N3. The van der Waals surface area contributed by atoms with Crippen molar-refractivity contribution in [3.05, 3.63) is 72.6 Å². The minimum absolute atomic E-state index is 0.155. The molecule has 3 heteroatoms. The highest BCUT2D eigenvalue weighted by Crippen LogP contribution is 2.44. The maximum Gasteiger partial charge on any atom is 0.0622 e. The summed E-state index contributed by atoms with van der Waals surface area (Å²) in [5.41, 5.74) is 10.7. The van der Waals surface area contributed by atoms with Gasteiger partial charge in [0.05, 0.1) is 12.1 Å². The molecule has 0 amide bonds. The highest BCUT2D eigenvalue weighted by molar-refractivity contribution is 5.28. The average Bonchev–Trinajstić information content (AvgIpc) is 3.11. The van der Waals surface area contributed by atoms with E-state index in [2.05, 4.69) is 87.7 Å². The van der Waals surface area contributed by atoms with Crippen LogP contribution in [0.5, 0.6) is 0 Å². The van der Waals surface area contributed by atoms with Crippen molar-refractivity contribution in [2.45, 2.75) is 65.1 Å². The van der Waals surface area contributed by atoms with E-state index in [1.807, 2.05) is 13.8 Å². The zero-order chi connectivity index (χ0) is 21.9. The van der Waals surface area contributed by atoms with Gasteiger partial charge in [0.15, 0.2) is 0 Å². The summed E-state index contributed by atoms with van der Waals surface area (Å²) in [6.45, 7) is 25.1. The summed E-state index contributed by atoms with van der Waals surface area (Å²) in [6.07, 6.45) is 2.04. The van der Waals surface area contributed by atoms with E-state index in [4.69, 9.17) is 5.73 Å². The number of hydrogen-bond donors (Lipinski definition) is 1. The maximum absolute atomic E-state index is 6.43. The smallest absolute Gasteiger partial charge is 0.0622 e. The van der Waals surface area contributed by atoms with Gasteiger partial charge >= 0.3 is 0 Å². The summed E-state index contributed by atoms with van der Waals surface area (Å²) < 4.78 is 0. The van der Waals surface area contributed by atoms with Gasteiger partial charge in [-0.15, -0.1) is 0 Å². The molecule has 1 aliphatic heterocycles. The van der Waals surface area contributed by atoms with Gasteiger partial charge in [-0.3, -0.25) is 0 Å². The minimum Gasteiger partial charge on any atom is -0.371 e. The summed E-state index contributed by atoms with van der Waals surface area (Å²) in [6, 6.07) is 11.2. The lowest BCUT2D eigenvalue weighted by Gasteiger charge is -2.43. The topological polar surface area (TPSA) is 32.5 Å². The van der Waals surface area contributed by atoms with Crippen LogP contribution < -0.4 is 5.73 Å². The second-order valence-electron chi connectivity index (χ2n) is 9.40. The van der Waals surface area contributed by atoms with Gasteiger partial charge in [0.25, 0.3) is 0 Å². The van der Waals surface area contributed by atoms with E-state index < -0.39 is 5.54 Å². The van der Waals surface area contributed by atoms with Gasteiger partial charge in [-0.1, -0.05) is 70.8 Å². The lowest BCUT2D eigenvalue weighted by atomic mass is 9.82. The molecule has 1 aromatic carbocycles. The van der Waals surface area contributed by atoms with Crippen LogP contribution in [0.4, 0.5) is 0 Å². The molecule has 1 heterocycles. The lowest BCUT2D eigenvalue weighted by Crippen LogP contribution is -2.48. The fourth-order valence-electron chi connectivity index (χ4n) is 4.67. The van der Waals surface area contributed by atoms with Gasteiger partial charge in [-0.25, -0.2) is 0 Å². The van der Waals surface area contributed by atoms with Crippen molar-refractivity contribution in [1.29, 1.82) is 0 Å². The highest BCUT2D eigenvalue weighted by Gasteiger charge is 2.40. The zero-order valence-electron chi connectivity index (χ0n) is 19.4. The highest BCUT2D eigenvalue weighted by atomic mass is 15.2. The third-order valence-electron chi connectivity index (χ3n) is 6.47. The molecular weight excluding hydrogens is 354 g/mol. The quantitative estimate of drug-likeness (QED) is 0.541. The Labute approximate surface area is 179 Å². The number of rotatable bonds is 9. The first-order valence-electron chi connectivity index (χ1n) is 10.9. The number of likely N-dealkylation sites (tertiary alicyclic amines) is 1. The molecule has 0 radical (unpaired) electrons. The fourth-order valence-corrected chi connectivity index (χ4v) is 4.67. The van der Waals surface area contributed by atoms with Crippen LogP contribution in [-0.2, 0) is 0 Å². The Hall–Kier alpha value is -2.00. The standard InChI is InChI=1S/C26H41N3/c1-10-19(4)29-17-16-23(25(29)22-14-12-11-13-15-22)21(6)28(9)24(18(2)3)20(5)26(7,8)27/h11-15,18,23-25H,4-6,10,16-17,27H2,1-3,7-9H3. The SMILES string of the molecule is C=C(C1CCN(C(=C)CC)C1c1ccccc1)N(C)C(C(=C)C(C)(C)N)C(C)C. The minimum atomic E-state index is -0.430. The van der Waals surface area contributed by atoms with Crippen LogP contribution in [0.15, 0.2) is 67.0 Å². The number of allylic oxidation sites excluding steroid dienone is 1. The van der Waals surface area contributed by atoms with Gasteiger partial charge in [0, 0.05) is 36.4 Å². The van der Waals surface area contributed by atoms with Crippen LogP contribution in [0.2, 0.25) is 0 Å². The largest absolute Gasteiger partial charge is 0.371 e. The lowest BCUT2D eigenvalue weighted by molar-refractivity contribution is 0.212. The Kier molecular flexibility index (Phi) is 7.40. The van der Waals surface area contributed by atoms with E-state index in [1.165, 1.54) is 11.3 Å². The van der Waals surface area contributed by atoms with Crippen molar-refractivity contribution >= 4 is 0 Å². The molecule has 0 bridgehead atoms. The first-order valence-corrected chi connectivity index (χ1v) is 10.9. The third-order valence-corrected chi connectivity index (χ3v) is 6.47. The second-order valence-corrected chi connectivity index (χ2v) is 9.40. The molecule has 2 rings (SSSR count). The van der Waals surface area contributed by atoms with E-state index >= 15 is 0 Å². The fraction of sp³-hybridized carbons (Fsp3) is 0.538. The van der Waals surface area contributed by atoms with Crippen LogP contribution in [0.1, 0.15) is 59.1 Å². The van der Waals surface area contributed by atoms with E-state index in [0.29, 0.717) is 11.8 Å². The van der Waals surface area contributed by atoms with Crippen LogP contribution >= 0.6 is 0 Å². The van der Waals surface area contributed by atoms with Crippen LogP contribution in [0, 0.1) is 11.8 Å². The van der Waals surface area contributed by atoms with Crippen molar-refractivity contribution in [2.75, 3.05) is 13.6 Å². The molecule has 0 spiro atoms. The molecule has 1 aliphatic rings. The number of hydrogen-bond acceptors (Lipinski definition) is 3. The van der Waals surface area contributed by atoms with E-state index in [1.54, 1.807) is 0 Å². The van der Waals surface area contributed by atoms with Crippen LogP contribution in [0.3, 0.4) is 0 Å². The van der Waals surface area contributed by atoms with Gasteiger partial charge in [-0.05, 0) is 43.7 Å². The molecule has 29 heavy (non-hydrogen) atoms. The molecule has 0 saturated carbocycles. The molecule has 0 aliphatic carbocycles.